The molecule has 2 aromatic heterocycles. The molecule has 0 bridgehead atoms. The number of methoxy groups -OCH3 is 1. The highest BCUT2D eigenvalue weighted by Crippen LogP contribution is 2.39. The highest BCUT2D eigenvalue weighted by Gasteiger charge is 2.40. The van der Waals surface area contributed by atoms with E-state index in [9.17, 15) is 8.42 Å². The Hall–Kier alpha value is -1.81. The summed E-state index contributed by atoms with van der Waals surface area (Å²) in [4.78, 5) is 4.19. The van der Waals surface area contributed by atoms with E-state index in [1.807, 2.05) is 4.68 Å². The van der Waals surface area contributed by atoms with Crippen LogP contribution in [-0.4, -0.2) is 54.4 Å². The van der Waals surface area contributed by atoms with E-state index in [2.05, 4.69) is 4.98 Å². The molecule has 1 atom stereocenters. The average molecular weight is 392 g/mol. The van der Waals surface area contributed by atoms with Crippen LogP contribution in [-0.2, 0) is 39.1 Å². The maximum Gasteiger partial charge on any atom is 0.245 e. The van der Waals surface area contributed by atoms with Gasteiger partial charge in [0.2, 0.25) is 10.0 Å². The van der Waals surface area contributed by atoms with E-state index in [0.29, 0.717) is 32.9 Å². The number of ether oxygens (including phenoxy) is 2. The van der Waals surface area contributed by atoms with Gasteiger partial charge in [0.1, 0.15) is 4.90 Å². The molecule has 1 unspecified atom stereocenters. The molecule has 0 saturated carbocycles. The van der Waals surface area contributed by atoms with Crippen LogP contribution in [0.5, 0.6) is 0 Å². The molecule has 0 radical (unpaired) electrons. The van der Waals surface area contributed by atoms with E-state index in [4.69, 9.17) is 14.6 Å². The molecule has 0 aliphatic carbocycles. The van der Waals surface area contributed by atoms with Gasteiger partial charge in [-0.2, -0.15) is 9.40 Å². The van der Waals surface area contributed by atoms with Crippen molar-refractivity contribution in [1.82, 2.24) is 19.1 Å². The zero-order chi connectivity index (χ0) is 18.9. The van der Waals surface area contributed by atoms with Crippen molar-refractivity contribution < 1.29 is 17.9 Å². The predicted molar refractivity (Wildman–Crippen MR) is 97.6 cm³/mol. The molecule has 0 spiro atoms. The number of fused-ring (bicyclic) bond motifs is 1. The first-order valence-electron chi connectivity index (χ1n) is 9.20. The Labute approximate surface area is 159 Å². The van der Waals surface area contributed by atoms with E-state index in [-0.39, 0.29) is 10.9 Å². The number of rotatable bonds is 6. The fourth-order valence-corrected chi connectivity index (χ4v) is 5.53. The molecule has 8 nitrogen and oxygen atoms in total. The SMILES string of the molecule is COCCn1nc(C2CCCN2S(=O)(=O)c2cccnc2)c2c1CCOC2. The first-order chi connectivity index (χ1) is 13.1. The van der Waals surface area contributed by atoms with Crippen LogP contribution in [0.25, 0.3) is 0 Å². The summed E-state index contributed by atoms with van der Waals surface area (Å²) in [6.45, 7) is 2.85. The van der Waals surface area contributed by atoms with Crippen molar-refractivity contribution in [1.29, 1.82) is 0 Å². The highest BCUT2D eigenvalue weighted by atomic mass is 32.2. The van der Waals surface area contributed by atoms with Crippen molar-refractivity contribution in [3.8, 4) is 0 Å². The maximum absolute atomic E-state index is 13.2. The summed E-state index contributed by atoms with van der Waals surface area (Å²) < 4.78 is 40.7. The average Bonchev–Trinajstić information content (AvgIpc) is 3.32. The van der Waals surface area contributed by atoms with Crippen LogP contribution >= 0.6 is 0 Å². The maximum atomic E-state index is 13.2. The van der Waals surface area contributed by atoms with Gasteiger partial charge >= 0.3 is 0 Å². The molecule has 1 saturated heterocycles. The Bertz CT molecular complexity index is 898. The van der Waals surface area contributed by atoms with Crippen LogP contribution in [0.15, 0.2) is 29.4 Å². The lowest BCUT2D eigenvalue weighted by Gasteiger charge is -2.24. The van der Waals surface area contributed by atoms with Crippen LogP contribution in [0.1, 0.15) is 35.8 Å². The molecule has 1 fully saturated rings. The topological polar surface area (TPSA) is 86.6 Å². The quantitative estimate of drug-likeness (QED) is 0.741. The number of pyridine rings is 1. The summed E-state index contributed by atoms with van der Waals surface area (Å²) in [6.07, 6.45) is 5.33. The molecular formula is C18H24N4O4S. The Kier molecular flexibility index (Phi) is 5.27. The van der Waals surface area contributed by atoms with E-state index in [1.165, 1.54) is 6.20 Å². The molecule has 4 rings (SSSR count). The normalized spacial score (nSPS) is 20.7. The molecule has 2 aliphatic rings. The number of aromatic nitrogens is 3. The third-order valence-electron chi connectivity index (χ3n) is 5.19. The van der Waals surface area contributed by atoms with Gasteiger partial charge in [0.05, 0.1) is 38.1 Å². The molecule has 9 heteroatoms. The third-order valence-corrected chi connectivity index (χ3v) is 7.09. The molecule has 0 aromatic carbocycles. The third kappa shape index (κ3) is 3.40. The Morgan fingerprint density at radius 1 is 1.41 bits per heavy atom. The number of nitrogens with zero attached hydrogens (tertiary/aromatic N) is 4. The minimum absolute atomic E-state index is 0.223. The first-order valence-corrected chi connectivity index (χ1v) is 10.6. The fraction of sp³-hybridized carbons (Fsp3) is 0.556. The monoisotopic (exact) mass is 392 g/mol. The fourth-order valence-electron chi connectivity index (χ4n) is 3.90. The summed E-state index contributed by atoms with van der Waals surface area (Å²) in [6, 6.07) is 2.97. The lowest BCUT2D eigenvalue weighted by molar-refractivity contribution is 0.106. The van der Waals surface area contributed by atoms with E-state index in [0.717, 1.165) is 36.2 Å². The van der Waals surface area contributed by atoms with Gasteiger partial charge in [-0.05, 0) is 25.0 Å². The molecule has 2 aliphatic heterocycles. The Morgan fingerprint density at radius 3 is 3.07 bits per heavy atom. The summed E-state index contributed by atoms with van der Waals surface area (Å²) in [5.74, 6) is 0. The molecular weight excluding hydrogens is 368 g/mol. The highest BCUT2D eigenvalue weighted by molar-refractivity contribution is 7.89. The minimum Gasteiger partial charge on any atom is -0.383 e. The van der Waals surface area contributed by atoms with Gasteiger partial charge in [0.25, 0.3) is 0 Å². The van der Waals surface area contributed by atoms with Crippen molar-refractivity contribution in [2.24, 2.45) is 0 Å². The summed E-state index contributed by atoms with van der Waals surface area (Å²) in [5, 5.41) is 4.80. The van der Waals surface area contributed by atoms with Crippen molar-refractivity contribution in [3.05, 3.63) is 41.5 Å². The van der Waals surface area contributed by atoms with Gasteiger partial charge in [0, 0.05) is 43.7 Å². The zero-order valence-corrected chi connectivity index (χ0v) is 16.2. The van der Waals surface area contributed by atoms with E-state index >= 15 is 0 Å². The molecule has 0 amide bonds. The molecule has 2 aromatic rings. The number of sulfonamides is 1. The van der Waals surface area contributed by atoms with Gasteiger partial charge < -0.3 is 9.47 Å². The van der Waals surface area contributed by atoms with Crippen LogP contribution in [0.2, 0.25) is 0 Å². The van der Waals surface area contributed by atoms with E-state index in [1.54, 1.807) is 29.7 Å². The standard InChI is InChI=1S/C18H24N4O4S/c1-25-11-9-21-16-6-10-26-13-15(16)18(20-21)17-5-3-8-22(17)27(23,24)14-4-2-7-19-12-14/h2,4,7,12,17H,3,5-6,8-11,13H2,1H3. The Morgan fingerprint density at radius 2 is 2.30 bits per heavy atom. The second-order valence-electron chi connectivity index (χ2n) is 6.79. The lowest BCUT2D eigenvalue weighted by Crippen LogP contribution is -2.31. The zero-order valence-electron chi connectivity index (χ0n) is 15.4. The van der Waals surface area contributed by atoms with Crippen LogP contribution in [0, 0.1) is 0 Å². The van der Waals surface area contributed by atoms with Crippen LogP contribution in [0.4, 0.5) is 0 Å². The van der Waals surface area contributed by atoms with Gasteiger partial charge in [-0.3, -0.25) is 9.67 Å². The number of hydrogen-bond donors (Lipinski definition) is 0. The molecule has 146 valence electrons. The molecule has 4 heterocycles. The summed E-state index contributed by atoms with van der Waals surface area (Å²) >= 11 is 0. The largest absolute Gasteiger partial charge is 0.383 e. The van der Waals surface area contributed by atoms with Crippen molar-refractivity contribution in [3.63, 3.8) is 0 Å². The minimum atomic E-state index is -3.61. The van der Waals surface area contributed by atoms with Gasteiger partial charge in [0.15, 0.2) is 0 Å². The summed E-state index contributed by atoms with van der Waals surface area (Å²) in [7, 11) is -1.95. The number of hydrogen-bond acceptors (Lipinski definition) is 6. The van der Waals surface area contributed by atoms with Crippen LogP contribution in [0.3, 0.4) is 0 Å². The van der Waals surface area contributed by atoms with Crippen molar-refractivity contribution >= 4 is 10.0 Å². The molecule has 0 N–H and O–H groups in total. The van der Waals surface area contributed by atoms with Crippen molar-refractivity contribution in [2.75, 3.05) is 26.9 Å². The lowest BCUT2D eigenvalue weighted by atomic mass is 10.0. The second-order valence-corrected chi connectivity index (χ2v) is 8.68. The van der Waals surface area contributed by atoms with Gasteiger partial charge in [-0.15, -0.1) is 0 Å². The van der Waals surface area contributed by atoms with Gasteiger partial charge in [-0.25, -0.2) is 8.42 Å². The summed E-state index contributed by atoms with van der Waals surface area (Å²) in [5.41, 5.74) is 3.00. The van der Waals surface area contributed by atoms with Crippen LogP contribution < -0.4 is 0 Å². The second kappa shape index (κ2) is 7.67. The van der Waals surface area contributed by atoms with E-state index < -0.39 is 10.0 Å². The van der Waals surface area contributed by atoms with Crippen molar-refractivity contribution in [2.45, 2.75) is 43.4 Å². The molecule has 27 heavy (non-hydrogen) atoms. The smallest absolute Gasteiger partial charge is 0.245 e. The predicted octanol–water partition coefficient (Wildman–Crippen LogP) is 1.52. The Balaban J connectivity index is 1.71. The first kappa shape index (κ1) is 18.5. The van der Waals surface area contributed by atoms with Gasteiger partial charge in [-0.1, -0.05) is 0 Å².